The molecule has 0 unspecified atom stereocenters. The summed E-state index contributed by atoms with van der Waals surface area (Å²) in [7, 11) is 1.69. The normalized spacial score (nSPS) is 13.4. The number of fused-ring (bicyclic) bond motifs is 2. The Labute approximate surface area is 384 Å². The van der Waals surface area contributed by atoms with Gasteiger partial charge in [-0.1, -0.05) is 24.3 Å². The van der Waals surface area contributed by atoms with Gasteiger partial charge in [-0.15, -0.1) is 0 Å². The minimum Gasteiger partial charge on any atom is -0.481 e. The number of ether oxygens (including phenoxy) is 3. The van der Waals surface area contributed by atoms with Gasteiger partial charge in [0.2, 0.25) is 17.7 Å². The first kappa shape index (κ1) is 50.5. The number of aliphatic carboxylic acids is 1. The zero-order valence-electron chi connectivity index (χ0n) is 37.7. The van der Waals surface area contributed by atoms with E-state index in [1.807, 2.05) is 36.4 Å². The Bertz CT molecular complexity index is 2250. The van der Waals surface area contributed by atoms with Gasteiger partial charge < -0.3 is 50.1 Å². The van der Waals surface area contributed by atoms with E-state index < -0.39 is 18.4 Å². The number of imidazole rings is 1. The smallest absolute Gasteiger partial charge is 0.305 e. The van der Waals surface area contributed by atoms with Gasteiger partial charge in [0.25, 0.3) is 5.91 Å². The third-order valence-corrected chi connectivity index (χ3v) is 10.6. The molecule has 1 atom stereocenters. The van der Waals surface area contributed by atoms with Crippen molar-refractivity contribution in [3.63, 3.8) is 0 Å². The number of nitrogens with zero attached hydrogens (tertiary/aromatic N) is 3. The lowest BCUT2D eigenvalue weighted by molar-refractivity contribution is -0.141. The molecule has 4 aromatic rings. The number of H-pyrrole nitrogens is 1. The molecule has 0 radical (unpaired) electrons. The van der Waals surface area contributed by atoms with Gasteiger partial charge in [-0.3, -0.25) is 33.6 Å². The highest BCUT2D eigenvalue weighted by Crippen LogP contribution is 2.27. The van der Waals surface area contributed by atoms with Crippen LogP contribution in [0, 0.1) is 0 Å². The van der Waals surface area contributed by atoms with Gasteiger partial charge in [-0.05, 0) is 86.2 Å². The average molecular weight is 912 g/mol. The summed E-state index contributed by atoms with van der Waals surface area (Å²) in [5.74, 6) is -1.59. The second kappa shape index (κ2) is 26.5. The standard InChI is InChI=1S/C48H61N7O11/c1-33(56)28-38(57)18-14-34-12-16-37(17-13-34)50-45(59)11-5-10-44(58)49-20-6-22-64-24-26-66-27-25-65-23-7-21-55-31-36-29-35(15-19-39(36)51-42(48(55)63)30-46(60)61)47(62)54(2)32-43-52-40-8-3-4-9-41(40)53-43/h3-4,8-9,12-13,15-17,19,29,42,51H,5-7,10-11,14,18,20-28,30-32H2,1-2H3,(H,49,58)(H,50,59)(H,52,53)(H,60,61)/t42-/m0/s1. The van der Waals surface area contributed by atoms with Crippen LogP contribution in [0.3, 0.4) is 0 Å². The van der Waals surface area contributed by atoms with Gasteiger partial charge in [-0.25, -0.2) is 4.98 Å². The first-order chi connectivity index (χ1) is 31.8. The second-order valence-electron chi connectivity index (χ2n) is 16.2. The van der Waals surface area contributed by atoms with Gasteiger partial charge >= 0.3 is 5.97 Å². The lowest BCUT2D eigenvalue weighted by Gasteiger charge is -2.24. The Balaban J connectivity index is 0.890. The Kier molecular flexibility index (Phi) is 20.2. The largest absolute Gasteiger partial charge is 0.481 e. The van der Waals surface area contributed by atoms with E-state index in [0.29, 0.717) is 113 Å². The number of ketones is 2. The van der Waals surface area contributed by atoms with Crippen LogP contribution in [0.2, 0.25) is 0 Å². The maximum Gasteiger partial charge on any atom is 0.305 e. The zero-order valence-corrected chi connectivity index (χ0v) is 37.7. The number of aromatic nitrogens is 2. The molecule has 0 aliphatic carbocycles. The maximum absolute atomic E-state index is 13.5. The Morgan fingerprint density at radius 1 is 0.848 bits per heavy atom. The highest BCUT2D eigenvalue weighted by Gasteiger charge is 2.31. The van der Waals surface area contributed by atoms with Crippen LogP contribution in [-0.4, -0.2) is 132 Å². The molecule has 1 aliphatic rings. The minimum atomic E-state index is -1.10. The van der Waals surface area contributed by atoms with E-state index in [-0.39, 0.29) is 67.5 Å². The van der Waals surface area contributed by atoms with E-state index in [4.69, 9.17) is 14.2 Å². The zero-order chi connectivity index (χ0) is 47.3. The lowest BCUT2D eigenvalue weighted by atomic mass is 10.0. The van der Waals surface area contributed by atoms with Crippen LogP contribution >= 0.6 is 0 Å². The fourth-order valence-corrected chi connectivity index (χ4v) is 7.28. The molecular weight excluding hydrogens is 851 g/mol. The summed E-state index contributed by atoms with van der Waals surface area (Å²) >= 11 is 0. The molecule has 5 N–H and O–H groups in total. The number of aryl methyl sites for hydroxylation is 1. The van der Waals surface area contributed by atoms with Gasteiger partial charge in [0.1, 0.15) is 23.4 Å². The van der Waals surface area contributed by atoms with E-state index in [1.165, 1.54) is 6.92 Å². The van der Waals surface area contributed by atoms with Gasteiger partial charge in [-0.2, -0.15) is 0 Å². The number of carboxylic acid groups (broad SMARTS) is 1. The number of hydrogen-bond donors (Lipinski definition) is 5. The number of carbonyl (C=O) groups is 7. The molecule has 4 amide bonds. The molecule has 0 saturated carbocycles. The number of anilines is 2. The van der Waals surface area contributed by atoms with E-state index in [0.717, 1.165) is 16.6 Å². The number of para-hydroxylation sites is 2. The van der Waals surface area contributed by atoms with Crippen molar-refractivity contribution in [1.82, 2.24) is 25.1 Å². The number of rotatable bonds is 29. The summed E-state index contributed by atoms with van der Waals surface area (Å²) in [5, 5.41) is 18.3. The summed E-state index contributed by atoms with van der Waals surface area (Å²) < 4.78 is 16.9. The fraction of sp³-hybridized carbons (Fsp3) is 0.458. The van der Waals surface area contributed by atoms with Crippen molar-refractivity contribution >= 4 is 63.6 Å². The number of hydrogen-bond acceptors (Lipinski definition) is 12. The number of amides is 4. The first-order valence-electron chi connectivity index (χ1n) is 22.3. The van der Waals surface area contributed by atoms with Crippen LogP contribution in [0.1, 0.15) is 85.6 Å². The predicted molar refractivity (Wildman–Crippen MR) is 246 cm³/mol. The lowest BCUT2D eigenvalue weighted by Crippen LogP contribution is -2.42. The van der Waals surface area contributed by atoms with Crippen molar-refractivity contribution in [2.45, 2.75) is 83.8 Å². The van der Waals surface area contributed by atoms with Crippen LogP contribution in [0.25, 0.3) is 11.0 Å². The van der Waals surface area contributed by atoms with Crippen LogP contribution in [0.15, 0.2) is 66.7 Å². The number of carbonyl (C=O) groups excluding carboxylic acids is 6. The SMILES string of the molecule is CC(=O)CC(=O)CCc1ccc(NC(=O)CCCC(=O)NCCCOCCOCCOCCCN2Cc3cc(C(=O)N(C)Cc4nc5ccccc5[nH]4)ccc3N[C@@H](CC(=O)O)C2=O)cc1. The number of nitrogens with one attached hydrogen (secondary N) is 4. The molecule has 66 heavy (non-hydrogen) atoms. The molecule has 18 nitrogen and oxygen atoms in total. The van der Waals surface area contributed by atoms with Gasteiger partial charge in [0, 0.05) is 76.1 Å². The first-order valence-corrected chi connectivity index (χ1v) is 22.3. The van der Waals surface area contributed by atoms with E-state index in [2.05, 4.69) is 25.9 Å². The molecule has 2 heterocycles. The third-order valence-electron chi connectivity index (χ3n) is 10.6. The van der Waals surface area contributed by atoms with E-state index in [1.54, 1.807) is 47.2 Å². The second-order valence-corrected chi connectivity index (χ2v) is 16.2. The molecule has 18 heteroatoms. The topological polar surface area (TPSA) is 239 Å². The summed E-state index contributed by atoms with van der Waals surface area (Å²) in [6.45, 7) is 4.84. The minimum absolute atomic E-state index is 0.0473. The van der Waals surface area contributed by atoms with Gasteiger partial charge in [0.15, 0.2) is 0 Å². The Morgan fingerprint density at radius 3 is 2.26 bits per heavy atom. The van der Waals surface area contributed by atoms with Crippen LogP contribution < -0.4 is 16.0 Å². The van der Waals surface area contributed by atoms with Crippen molar-refractivity contribution in [3.05, 3.63) is 89.2 Å². The number of benzene rings is 3. The Hall–Kier alpha value is -6.50. The molecule has 1 aliphatic heterocycles. The highest BCUT2D eigenvalue weighted by atomic mass is 16.5. The number of carboxylic acids is 1. The van der Waals surface area contributed by atoms with Crippen molar-refractivity contribution in [3.8, 4) is 0 Å². The molecule has 3 aromatic carbocycles. The highest BCUT2D eigenvalue weighted by molar-refractivity contribution is 5.98. The van der Waals surface area contributed by atoms with E-state index in [9.17, 15) is 38.7 Å². The molecule has 0 saturated heterocycles. The average Bonchev–Trinajstić information content (AvgIpc) is 3.64. The summed E-state index contributed by atoms with van der Waals surface area (Å²) in [4.78, 5) is 96.9. The van der Waals surface area contributed by atoms with Crippen molar-refractivity contribution in [2.75, 3.05) is 70.4 Å². The van der Waals surface area contributed by atoms with Crippen LogP contribution in [-0.2, 0) is 62.5 Å². The summed E-state index contributed by atoms with van der Waals surface area (Å²) in [6.07, 6.45) is 2.33. The maximum atomic E-state index is 13.5. The quantitative estimate of drug-likeness (QED) is 0.0368. The van der Waals surface area contributed by atoms with Gasteiger partial charge in [0.05, 0.1) is 56.8 Å². The fourth-order valence-electron chi connectivity index (χ4n) is 7.28. The van der Waals surface area contributed by atoms with Crippen LogP contribution in [0.4, 0.5) is 11.4 Å². The predicted octanol–water partition coefficient (Wildman–Crippen LogP) is 4.67. The van der Waals surface area contributed by atoms with Crippen LogP contribution in [0.5, 0.6) is 0 Å². The van der Waals surface area contributed by atoms with Crippen molar-refractivity contribution in [2.24, 2.45) is 0 Å². The number of Topliss-reactive ketones (excluding diaryl/α,β-unsaturated/α-hetero) is 2. The molecule has 0 bridgehead atoms. The Morgan fingerprint density at radius 2 is 1.55 bits per heavy atom. The third kappa shape index (κ3) is 17.1. The van der Waals surface area contributed by atoms with Crippen molar-refractivity contribution < 1.29 is 52.9 Å². The monoisotopic (exact) mass is 911 g/mol. The number of aromatic amines is 1. The summed E-state index contributed by atoms with van der Waals surface area (Å²) in [5.41, 5.74) is 5.00. The molecule has 354 valence electrons. The summed E-state index contributed by atoms with van der Waals surface area (Å²) in [6, 6.07) is 19.0. The molecule has 0 spiro atoms. The van der Waals surface area contributed by atoms with E-state index >= 15 is 0 Å². The molecule has 0 fully saturated rings. The molecule has 5 rings (SSSR count). The molecular formula is C48H61N7O11. The van der Waals surface area contributed by atoms with Crippen molar-refractivity contribution in [1.29, 1.82) is 0 Å². The molecule has 1 aromatic heterocycles.